The fraction of sp³-hybridized carbons (Fsp3) is 0.222. The van der Waals surface area contributed by atoms with Gasteiger partial charge in [-0.3, -0.25) is 9.20 Å². The fourth-order valence-electron chi connectivity index (χ4n) is 5.03. The minimum absolute atomic E-state index is 0.0819. The van der Waals surface area contributed by atoms with Crippen molar-refractivity contribution in [3.8, 4) is 0 Å². The van der Waals surface area contributed by atoms with Crippen molar-refractivity contribution in [2.75, 3.05) is 44.2 Å². The van der Waals surface area contributed by atoms with Gasteiger partial charge in [-0.05, 0) is 60.7 Å². The van der Waals surface area contributed by atoms with Gasteiger partial charge in [-0.1, -0.05) is 29.8 Å². The number of carbonyl (C=O) groups excluding carboxylic acids is 1. The molecule has 7 nitrogen and oxygen atoms in total. The first-order valence-corrected chi connectivity index (χ1v) is 12.9. The molecule has 2 aromatic heterocycles. The second-order valence-electron chi connectivity index (χ2n) is 9.17. The van der Waals surface area contributed by atoms with Gasteiger partial charge < -0.3 is 20.1 Å². The van der Waals surface area contributed by atoms with Crippen LogP contribution in [0.15, 0.2) is 66.7 Å². The van der Waals surface area contributed by atoms with Gasteiger partial charge in [0.05, 0.1) is 55.8 Å². The second kappa shape index (κ2) is 9.54. The summed E-state index contributed by atoms with van der Waals surface area (Å²) < 4.78 is 2.51. The summed E-state index contributed by atoms with van der Waals surface area (Å²) in [6, 6.07) is 21.6. The number of piperazine rings is 1. The molecule has 3 heterocycles. The summed E-state index contributed by atoms with van der Waals surface area (Å²) in [5.74, 6) is -0.0819. The first-order chi connectivity index (χ1) is 17.6. The number of aromatic nitrogens is 3. The van der Waals surface area contributed by atoms with Crippen LogP contribution >= 0.6 is 23.8 Å². The van der Waals surface area contributed by atoms with Crippen molar-refractivity contribution in [2.45, 2.75) is 0 Å². The first-order valence-electron chi connectivity index (χ1n) is 12.1. The first kappa shape index (κ1) is 23.0. The molecule has 3 aromatic carbocycles. The number of hydrogen-bond donors (Lipinski definition) is 3. The number of nitrogens with one attached hydrogen (secondary N) is 3. The lowest BCUT2D eigenvalue weighted by atomic mass is 10.1. The molecule has 0 radical (unpaired) electrons. The lowest BCUT2D eigenvalue weighted by molar-refractivity contribution is -0.899. The molecule has 0 bridgehead atoms. The Morgan fingerprint density at radius 1 is 1.08 bits per heavy atom. The minimum atomic E-state index is -0.0819. The maximum absolute atomic E-state index is 12.9. The van der Waals surface area contributed by atoms with E-state index in [0.717, 1.165) is 65.3 Å². The maximum atomic E-state index is 12.9. The molecule has 36 heavy (non-hydrogen) atoms. The summed E-state index contributed by atoms with van der Waals surface area (Å²) in [6.07, 6.45) is 0. The average molecular weight is 518 g/mol. The Morgan fingerprint density at radius 3 is 2.75 bits per heavy atom. The Morgan fingerprint density at radius 2 is 1.92 bits per heavy atom. The van der Waals surface area contributed by atoms with E-state index in [1.165, 1.54) is 10.6 Å². The molecule has 9 heteroatoms. The lowest BCUT2D eigenvalue weighted by Gasteiger charge is -2.33. The monoisotopic (exact) mass is 517 g/mol. The Bertz CT molecular complexity index is 1650. The number of halogens is 1. The number of benzene rings is 3. The zero-order chi connectivity index (χ0) is 24.6. The molecule has 1 amide bonds. The normalized spacial score (nSPS) is 14.6. The fourth-order valence-corrected chi connectivity index (χ4v) is 5.51. The molecular formula is C27H26ClN6OS+. The zero-order valence-corrected chi connectivity index (χ0v) is 21.2. The number of nitrogens with zero attached hydrogens (tertiary/aromatic N) is 3. The van der Waals surface area contributed by atoms with Crippen LogP contribution in [-0.4, -0.2) is 59.5 Å². The highest BCUT2D eigenvalue weighted by molar-refractivity contribution is 7.71. The van der Waals surface area contributed by atoms with Crippen LogP contribution in [0.3, 0.4) is 0 Å². The third-order valence-corrected chi connectivity index (χ3v) is 7.46. The molecule has 1 saturated heterocycles. The molecule has 1 aliphatic heterocycles. The smallest absolute Gasteiger partial charge is 0.251 e. The summed E-state index contributed by atoms with van der Waals surface area (Å²) in [5, 5.41) is 4.78. The standard InChI is InChI=1S/C27H25ClN6OS/c28-19-4-3-5-20(17-19)33-14-12-32(13-15-33)11-10-29-26(35)18-8-9-21-23(16-18)31-27(36)34-24-7-2-1-6-22(24)30-25(21)34/h1-9,16-17H,10-15H2,(H,29,35)(H,31,36)/p+1. The van der Waals surface area contributed by atoms with Crippen LogP contribution in [0.5, 0.6) is 0 Å². The zero-order valence-electron chi connectivity index (χ0n) is 19.6. The van der Waals surface area contributed by atoms with Crippen LogP contribution in [0.25, 0.3) is 27.6 Å². The van der Waals surface area contributed by atoms with Gasteiger partial charge in [-0.25, -0.2) is 4.98 Å². The molecule has 0 unspecified atom stereocenters. The van der Waals surface area contributed by atoms with E-state index in [2.05, 4.69) is 21.3 Å². The van der Waals surface area contributed by atoms with Crippen LogP contribution in [0.2, 0.25) is 5.02 Å². The highest BCUT2D eigenvalue weighted by Gasteiger charge is 2.20. The molecule has 6 rings (SSSR count). The van der Waals surface area contributed by atoms with Crippen molar-refractivity contribution in [1.82, 2.24) is 19.7 Å². The lowest BCUT2D eigenvalue weighted by Crippen LogP contribution is -3.15. The molecule has 0 spiro atoms. The van der Waals surface area contributed by atoms with E-state index >= 15 is 0 Å². The predicted molar refractivity (Wildman–Crippen MR) is 147 cm³/mol. The second-order valence-corrected chi connectivity index (χ2v) is 10.00. The van der Waals surface area contributed by atoms with Crippen molar-refractivity contribution in [1.29, 1.82) is 0 Å². The maximum Gasteiger partial charge on any atom is 0.251 e. The van der Waals surface area contributed by atoms with Gasteiger partial charge in [0.15, 0.2) is 4.77 Å². The van der Waals surface area contributed by atoms with E-state index in [4.69, 9.17) is 28.8 Å². The van der Waals surface area contributed by atoms with E-state index in [0.29, 0.717) is 16.9 Å². The highest BCUT2D eigenvalue weighted by atomic mass is 35.5. The van der Waals surface area contributed by atoms with Crippen molar-refractivity contribution in [3.05, 3.63) is 82.1 Å². The van der Waals surface area contributed by atoms with Gasteiger partial charge in [0.2, 0.25) is 0 Å². The van der Waals surface area contributed by atoms with Gasteiger partial charge in [-0.15, -0.1) is 0 Å². The number of imidazole rings is 1. The van der Waals surface area contributed by atoms with Crippen LogP contribution in [0, 0.1) is 4.77 Å². The Balaban J connectivity index is 1.10. The minimum Gasteiger partial charge on any atom is -0.360 e. The number of anilines is 1. The third kappa shape index (κ3) is 4.32. The topological polar surface area (TPSA) is 69.9 Å². The number of carbonyl (C=O) groups is 1. The number of aromatic amines is 1. The molecule has 0 aliphatic carbocycles. The summed E-state index contributed by atoms with van der Waals surface area (Å²) in [4.78, 5) is 24.8. The van der Waals surface area contributed by atoms with Crippen molar-refractivity contribution in [2.24, 2.45) is 0 Å². The average Bonchev–Trinajstić information content (AvgIpc) is 3.29. The summed E-state index contributed by atoms with van der Waals surface area (Å²) in [7, 11) is 0. The van der Waals surface area contributed by atoms with E-state index in [-0.39, 0.29) is 5.91 Å². The SMILES string of the molecule is O=C(NCC[NH+]1CCN(c2cccc(Cl)c2)CC1)c1ccc2c(c1)[nH]c(=S)n1c3ccccc3nc21. The molecule has 1 fully saturated rings. The largest absolute Gasteiger partial charge is 0.360 e. The predicted octanol–water partition coefficient (Wildman–Crippen LogP) is 3.49. The molecule has 1 aliphatic rings. The Hall–Kier alpha value is -3.46. The molecule has 0 saturated carbocycles. The third-order valence-electron chi connectivity index (χ3n) is 6.94. The number of quaternary nitrogens is 1. The van der Waals surface area contributed by atoms with Gasteiger partial charge in [0.1, 0.15) is 5.65 Å². The van der Waals surface area contributed by atoms with Crippen molar-refractivity contribution in [3.63, 3.8) is 0 Å². The quantitative estimate of drug-likeness (QED) is 0.312. The van der Waals surface area contributed by atoms with E-state index in [1.54, 1.807) is 0 Å². The van der Waals surface area contributed by atoms with E-state index < -0.39 is 0 Å². The number of H-pyrrole nitrogens is 1. The number of para-hydroxylation sites is 2. The van der Waals surface area contributed by atoms with Gasteiger partial charge >= 0.3 is 0 Å². The van der Waals surface area contributed by atoms with Crippen molar-refractivity contribution < 1.29 is 9.69 Å². The number of fused-ring (bicyclic) bond motifs is 5. The number of rotatable bonds is 5. The number of amides is 1. The molecule has 5 aromatic rings. The van der Waals surface area contributed by atoms with Gasteiger partial charge in [0.25, 0.3) is 5.91 Å². The van der Waals surface area contributed by atoms with Crippen LogP contribution < -0.4 is 15.1 Å². The van der Waals surface area contributed by atoms with Crippen molar-refractivity contribution >= 4 is 63.0 Å². The molecule has 3 N–H and O–H groups in total. The van der Waals surface area contributed by atoms with E-state index in [9.17, 15) is 4.79 Å². The molecule has 182 valence electrons. The molecule has 0 atom stereocenters. The number of hydrogen-bond acceptors (Lipinski definition) is 4. The van der Waals surface area contributed by atoms with Gasteiger partial charge in [0, 0.05) is 21.7 Å². The van der Waals surface area contributed by atoms with E-state index in [1.807, 2.05) is 65.1 Å². The summed E-state index contributed by atoms with van der Waals surface area (Å²) >= 11 is 11.8. The molecular weight excluding hydrogens is 492 g/mol. The van der Waals surface area contributed by atoms with Crippen LogP contribution in [-0.2, 0) is 0 Å². The summed E-state index contributed by atoms with van der Waals surface area (Å²) in [5.41, 5.74) is 5.23. The van der Waals surface area contributed by atoms with Crippen LogP contribution in [0.1, 0.15) is 10.4 Å². The van der Waals surface area contributed by atoms with Gasteiger partial charge in [-0.2, -0.15) is 0 Å². The Kier molecular flexibility index (Phi) is 6.08. The summed E-state index contributed by atoms with van der Waals surface area (Å²) in [6.45, 7) is 5.54. The highest BCUT2D eigenvalue weighted by Crippen LogP contribution is 2.24. The Labute approximate surface area is 218 Å². The van der Waals surface area contributed by atoms with Crippen LogP contribution in [0.4, 0.5) is 5.69 Å².